The first-order chi connectivity index (χ1) is 18.1. The lowest BCUT2D eigenvalue weighted by Gasteiger charge is -2.43. The molecule has 1 aromatic heterocycles. The molecule has 0 amide bonds. The standard InChI is InChI=1S/C21H13F17N2O/c1-9-5-3-4-6-11(9)40-8-7-39-13(40)12(41)10(2)14(22,23)15(24,25)16(26,27)17(28,29)18(30,31)19(32,33)20(34,35)21(36,37)38/h3-8,10H,1-2H3/t10-/m1/s1. The van der Waals surface area contributed by atoms with Crippen molar-refractivity contribution in [2.75, 3.05) is 0 Å². The van der Waals surface area contributed by atoms with Gasteiger partial charge in [-0.05, 0) is 25.5 Å². The second-order valence-electron chi connectivity index (χ2n) is 8.56. The summed E-state index contributed by atoms with van der Waals surface area (Å²) in [5.74, 6) is -65.1. The largest absolute Gasteiger partial charge is 0.460 e. The molecule has 232 valence electrons. The highest BCUT2D eigenvalue weighted by Crippen LogP contribution is 2.64. The zero-order valence-corrected chi connectivity index (χ0v) is 19.8. The van der Waals surface area contributed by atoms with Crippen molar-refractivity contribution < 1.29 is 79.4 Å². The number of aromatic nitrogens is 2. The van der Waals surface area contributed by atoms with E-state index in [1.54, 1.807) is 0 Å². The number of para-hydroxylation sites is 1. The molecular weight excluding hydrogens is 619 g/mol. The van der Waals surface area contributed by atoms with Crippen LogP contribution in [-0.4, -0.2) is 63.0 Å². The predicted molar refractivity (Wildman–Crippen MR) is 102 cm³/mol. The maximum absolute atomic E-state index is 14.6. The number of benzene rings is 1. The van der Waals surface area contributed by atoms with E-state index < -0.39 is 65.2 Å². The Bertz CT molecular complexity index is 1280. The summed E-state index contributed by atoms with van der Waals surface area (Å²) in [6.07, 6.45) is -6.27. The fourth-order valence-corrected chi connectivity index (χ4v) is 3.32. The highest BCUT2D eigenvalue weighted by atomic mass is 19.4. The summed E-state index contributed by atoms with van der Waals surface area (Å²) in [5, 5.41) is 0. The molecule has 20 heteroatoms. The fourth-order valence-electron chi connectivity index (χ4n) is 3.32. The monoisotopic (exact) mass is 632 g/mol. The first-order valence-electron chi connectivity index (χ1n) is 10.4. The lowest BCUT2D eigenvalue weighted by molar-refractivity contribution is -0.462. The van der Waals surface area contributed by atoms with Crippen molar-refractivity contribution in [3.8, 4) is 5.69 Å². The van der Waals surface area contributed by atoms with E-state index in [1.807, 2.05) is 0 Å². The first kappa shape index (κ1) is 34.1. The van der Waals surface area contributed by atoms with E-state index in [9.17, 15) is 79.4 Å². The number of imidazole rings is 1. The lowest BCUT2D eigenvalue weighted by atomic mass is 9.84. The van der Waals surface area contributed by atoms with Crippen LogP contribution < -0.4 is 0 Å². The maximum Gasteiger partial charge on any atom is 0.460 e. The molecule has 0 radical (unpaired) electrons. The van der Waals surface area contributed by atoms with Crippen LogP contribution in [0, 0.1) is 12.8 Å². The zero-order chi connectivity index (χ0) is 32.4. The topological polar surface area (TPSA) is 34.9 Å². The third kappa shape index (κ3) is 4.60. The molecule has 0 aliphatic heterocycles. The van der Waals surface area contributed by atoms with Crippen molar-refractivity contribution in [1.29, 1.82) is 0 Å². The number of halogens is 17. The van der Waals surface area contributed by atoms with Crippen LogP contribution in [0.25, 0.3) is 5.69 Å². The quantitative estimate of drug-likeness (QED) is 0.197. The van der Waals surface area contributed by atoms with E-state index in [0.717, 1.165) is 6.20 Å². The molecule has 0 saturated carbocycles. The van der Waals surface area contributed by atoms with Crippen LogP contribution in [0.3, 0.4) is 0 Å². The van der Waals surface area contributed by atoms with Crippen molar-refractivity contribution >= 4 is 5.78 Å². The number of hydrogen-bond donors (Lipinski definition) is 0. The number of carbonyl (C=O) groups excluding carboxylic acids is 1. The second-order valence-corrected chi connectivity index (χ2v) is 8.56. The van der Waals surface area contributed by atoms with Crippen LogP contribution in [0.15, 0.2) is 36.7 Å². The third-order valence-corrected chi connectivity index (χ3v) is 5.92. The summed E-state index contributed by atoms with van der Waals surface area (Å²) < 4.78 is 231. The average Bonchev–Trinajstić information content (AvgIpc) is 3.31. The molecule has 0 spiro atoms. The van der Waals surface area contributed by atoms with Crippen LogP contribution in [0.5, 0.6) is 0 Å². The van der Waals surface area contributed by atoms with E-state index >= 15 is 0 Å². The third-order valence-electron chi connectivity index (χ3n) is 5.92. The van der Waals surface area contributed by atoms with E-state index in [0.29, 0.717) is 10.8 Å². The second kappa shape index (κ2) is 9.74. The zero-order valence-electron chi connectivity index (χ0n) is 19.8. The molecule has 0 N–H and O–H groups in total. The Kier molecular flexibility index (Phi) is 8.10. The van der Waals surface area contributed by atoms with Crippen LogP contribution >= 0.6 is 0 Å². The number of alkyl halides is 17. The number of ketones is 1. The minimum atomic E-state index is -8.74. The molecule has 1 heterocycles. The highest BCUT2D eigenvalue weighted by molar-refractivity contribution is 5.96. The number of aryl methyl sites for hydroxylation is 1. The van der Waals surface area contributed by atoms with E-state index in [2.05, 4.69) is 4.98 Å². The number of hydrogen-bond acceptors (Lipinski definition) is 2. The van der Waals surface area contributed by atoms with Gasteiger partial charge in [0, 0.05) is 12.4 Å². The molecule has 0 bridgehead atoms. The SMILES string of the molecule is Cc1ccccc1-n1ccnc1C(=O)[C@@H](C)C(F)(F)C(F)(F)C(F)(F)C(F)(F)C(F)(F)C(F)(F)C(F)(F)C(F)(F)F. The number of carbonyl (C=O) groups is 1. The number of Topliss-reactive ketones (excluding diaryl/α,β-unsaturated/α-hetero) is 1. The number of nitrogens with zero attached hydrogens (tertiary/aromatic N) is 2. The molecule has 0 fully saturated rings. The Labute approximate surface area is 216 Å². The summed E-state index contributed by atoms with van der Waals surface area (Å²) in [5.41, 5.74) is 0.231. The van der Waals surface area contributed by atoms with Crippen molar-refractivity contribution in [3.05, 3.63) is 48.0 Å². The van der Waals surface area contributed by atoms with Gasteiger partial charge in [-0.3, -0.25) is 9.36 Å². The number of rotatable bonds is 10. The van der Waals surface area contributed by atoms with Crippen molar-refractivity contribution in [1.82, 2.24) is 9.55 Å². The van der Waals surface area contributed by atoms with Gasteiger partial charge >= 0.3 is 47.6 Å². The molecule has 2 rings (SSSR count). The molecule has 41 heavy (non-hydrogen) atoms. The van der Waals surface area contributed by atoms with Gasteiger partial charge in [0.25, 0.3) is 0 Å². The highest BCUT2D eigenvalue weighted by Gasteiger charge is 2.95. The normalized spacial score (nSPS) is 15.7. The van der Waals surface area contributed by atoms with Gasteiger partial charge in [-0.2, -0.15) is 74.6 Å². The van der Waals surface area contributed by atoms with E-state index in [1.165, 1.54) is 31.2 Å². The molecule has 2 aromatic rings. The Morgan fingerprint density at radius 1 is 0.683 bits per heavy atom. The van der Waals surface area contributed by atoms with E-state index in [-0.39, 0.29) is 18.2 Å². The molecule has 3 nitrogen and oxygen atoms in total. The van der Waals surface area contributed by atoms with Crippen LogP contribution in [0.2, 0.25) is 0 Å². The minimum Gasteiger partial charge on any atom is -0.297 e. The molecule has 0 aliphatic rings. The average molecular weight is 632 g/mol. The summed E-state index contributed by atoms with van der Waals surface area (Å²) in [4.78, 5) is 15.8. The van der Waals surface area contributed by atoms with Gasteiger partial charge in [0.15, 0.2) is 5.82 Å². The smallest absolute Gasteiger partial charge is 0.297 e. The van der Waals surface area contributed by atoms with Gasteiger partial charge in [0.1, 0.15) is 0 Å². The van der Waals surface area contributed by atoms with E-state index in [4.69, 9.17) is 0 Å². The van der Waals surface area contributed by atoms with Crippen molar-refractivity contribution in [3.63, 3.8) is 0 Å². The van der Waals surface area contributed by atoms with Gasteiger partial charge in [-0.1, -0.05) is 18.2 Å². The Hall–Kier alpha value is -3.09. The Morgan fingerprint density at radius 2 is 1.10 bits per heavy atom. The van der Waals surface area contributed by atoms with Gasteiger partial charge in [0.05, 0.1) is 11.6 Å². The van der Waals surface area contributed by atoms with Gasteiger partial charge in [-0.25, -0.2) is 4.98 Å². The lowest BCUT2D eigenvalue weighted by Crippen LogP contribution is -2.75. The predicted octanol–water partition coefficient (Wildman–Crippen LogP) is 8.01. The molecular formula is C21H13F17N2O. The van der Waals surface area contributed by atoms with Crippen molar-refractivity contribution in [2.24, 2.45) is 5.92 Å². The molecule has 0 saturated heterocycles. The van der Waals surface area contributed by atoms with Gasteiger partial charge in [0.2, 0.25) is 5.78 Å². The Balaban J connectivity index is 2.61. The molecule has 1 aromatic carbocycles. The molecule has 0 unspecified atom stereocenters. The maximum atomic E-state index is 14.6. The van der Waals surface area contributed by atoms with Crippen LogP contribution in [0.4, 0.5) is 74.6 Å². The summed E-state index contributed by atoms with van der Waals surface area (Å²) in [6.45, 7) is 1.07. The van der Waals surface area contributed by atoms with Crippen molar-refractivity contribution in [2.45, 2.75) is 61.5 Å². The first-order valence-corrected chi connectivity index (χ1v) is 10.4. The summed E-state index contributed by atoms with van der Waals surface area (Å²) >= 11 is 0. The summed E-state index contributed by atoms with van der Waals surface area (Å²) in [6, 6.07) is 5.32. The minimum absolute atomic E-state index is 0.0417. The Morgan fingerprint density at radius 3 is 1.54 bits per heavy atom. The van der Waals surface area contributed by atoms with Crippen LogP contribution in [-0.2, 0) is 0 Å². The molecule has 0 aliphatic carbocycles. The van der Waals surface area contributed by atoms with Gasteiger partial charge < -0.3 is 0 Å². The van der Waals surface area contributed by atoms with Crippen LogP contribution in [0.1, 0.15) is 23.1 Å². The van der Waals surface area contributed by atoms with Gasteiger partial charge in [-0.15, -0.1) is 0 Å². The fraction of sp³-hybridized carbons (Fsp3) is 0.524. The molecule has 1 atom stereocenters. The summed E-state index contributed by atoms with van der Waals surface area (Å²) in [7, 11) is 0.